The molecule has 3 aromatic carbocycles. The summed E-state index contributed by atoms with van der Waals surface area (Å²) >= 11 is 6.01. The first-order valence-electron chi connectivity index (χ1n) is 12.2. The third kappa shape index (κ3) is 7.33. The topological polar surface area (TPSA) is 86.8 Å². The Kier molecular flexibility index (Phi) is 9.88. The lowest BCUT2D eigenvalue weighted by molar-refractivity contribution is -0.139. The SMILES string of the molecule is CC[C@H](C)NC(=O)[C@H](C)N(Cc1ccc(Cl)cc1)C(=O)CN(c1ccc(F)cc1)S(=O)(=O)c1ccccc1. The fourth-order valence-electron chi connectivity index (χ4n) is 3.69. The first-order valence-corrected chi connectivity index (χ1v) is 14.0. The van der Waals surface area contributed by atoms with Gasteiger partial charge in [0, 0.05) is 17.6 Å². The molecule has 0 aromatic heterocycles. The summed E-state index contributed by atoms with van der Waals surface area (Å²) < 4.78 is 41.8. The summed E-state index contributed by atoms with van der Waals surface area (Å²) in [7, 11) is -4.20. The van der Waals surface area contributed by atoms with Crippen LogP contribution in [0.1, 0.15) is 32.8 Å². The van der Waals surface area contributed by atoms with Gasteiger partial charge in [-0.3, -0.25) is 13.9 Å². The molecule has 1 N–H and O–H groups in total. The highest BCUT2D eigenvalue weighted by atomic mass is 35.5. The Morgan fingerprint density at radius 3 is 2.13 bits per heavy atom. The van der Waals surface area contributed by atoms with E-state index in [4.69, 9.17) is 11.6 Å². The number of carbonyl (C=O) groups is 2. The average Bonchev–Trinajstić information content (AvgIpc) is 2.91. The van der Waals surface area contributed by atoms with Crippen molar-refractivity contribution in [3.05, 3.63) is 95.3 Å². The minimum absolute atomic E-state index is 0.0241. The van der Waals surface area contributed by atoms with E-state index in [0.29, 0.717) is 17.0 Å². The highest BCUT2D eigenvalue weighted by molar-refractivity contribution is 7.92. The van der Waals surface area contributed by atoms with Crippen molar-refractivity contribution < 1.29 is 22.4 Å². The number of benzene rings is 3. The van der Waals surface area contributed by atoms with Gasteiger partial charge in [-0.05, 0) is 74.4 Å². The molecule has 0 spiro atoms. The predicted molar refractivity (Wildman–Crippen MR) is 147 cm³/mol. The lowest BCUT2D eigenvalue weighted by atomic mass is 10.1. The maximum Gasteiger partial charge on any atom is 0.264 e. The van der Waals surface area contributed by atoms with Gasteiger partial charge in [0.25, 0.3) is 10.0 Å². The Labute approximate surface area is 228 Å². The third-order valence-electron chi connectivity index (χ3n) is 6.16. The van der Waals surface area contributed by atoms with Crippen LogP contribution in [0.3, 0.4) is 0 Å². The van der Waals surface area contributed by atoms with Crippen LogP contribution < -0.4 is 9.62 Å². The summed E-state index contributed by atoms with van der Waals surface area (Å²) in [5.74, 6) is -1.51. The van der Waals surface area contributed by atoms with Crippen LogP contribution in [0.15, 0.2) is 83.8 Å². The summed E-state index contributed by atoms with van der Waals surface area (Å²) in [5, 5.41) is 3.40. The van der Waals surface area contributed by atoms with Gasteiger partial charge < -0.3 is 10.2 Å². The number of halogens is 2. The molecule has 0 aliphatic carbocycles. The van der Waals surface area contributed by atoms with E-state index < -0.39 is 34.3 Å². The van der Waals surface area contributed by atoms with Gasteiger partial charge in [0.15, 0.2) is 0 Å². The molecule has 2 amide bonds. The molecule has 3 rings (SSSR count). The number of rotatable bonds is 11. The van der Waals surface area contributed by atoms with Crippen molar-refractivity contribution >= 4 is 39.1 Å². The van der Waals surface area contributed by atoms with Gasteiger partial charge in [-0.25, -0.2) is 12.8 Å². The number of amides is 2. The van der Waals surface area contributed by atoms with Gasteiger partial charge in [-0.2, -0.15) is 0 Å². The molecule has 3 aromatic rings. The van der Waals surface area contributed by atoms with Crippen LogP contribution in [0.5, 0.6) is 0 Å². The molecule has 202 valence electrons. The predicted octanol–water partition coefficient (Wildman–Crippen LogP) is 5.01. The molecule has 0 bridgehead atoms. The molecule has 2 atom stereocenters. The molecule has 0 fully saturated rings. The van der Waals surface area contributed by atoms with Crippen LogP contribution in [0.2, 0.25) is 5.02 Å². The molecule has 0 heterocycles. The summed E-state index contributed by atoms with van der Waals surface area (Å²) in [5.41, 5.74) is 0.831. The zero-order valence-corrected chi connectivity index (χ0v) is 23.0. The number of hydrogen-bond donors (Lipinski definition) is 1. The van der Waals surface area contributed by atoms with Crippen LogP contribution in [-0.2, 0) is 26.2 Å². The fraction of sp³-hybridized carbons (Fsp3) is 0.286. The smallest absolute Gasteiger partial charge is 0.264 e. The standard InChI is InChI=1S/C28H31ClFN3O4S/c1-4-20(2)31-28(35)21(3)32(18-22-10-12-23(29)13-11-22)27(34)19-33(25-16-14-24(30)15-17-25)38(36,37)26-8-6-5-7-9-26/h5-17,20-21H,4,18-19H2,1-3H3,(H,31,35)/t20-,21-/m0/s1. The summed E-state index contributed by atoms with van der Waals surface area (Å²) in [4.78, 5) is 28.1. The van der Waals surface area contributed by atoms with Gasteiger partial charge in [-0.1, -0.05) is 48.9 Å². The molecule has 0 saturated heterocycles. The second-order valence-corrected chi connectivity index (χ2v) is 11.2. The molecule has 0 aliphatic heterocycles. The summed E-state index contributed by atoms with van der Waals surface area (Å²) in [6.07, 6.45) is 0.706. The molecule has 0 radical (unpaired) electrons. The van der Waals surface area contributed by atoms with Crippen molar-refractivity contribution in [3.63, 3.8) is 0 Å². The van der Waals surface area contributed by atoms with E-state index in [0.717, 1.165) is 16.4 Å². The number of hydrogen-bond acceptors (Lipinski definition) is 4. The number of nitrogens with zero attached hydrogens (tertiary/aromatic N) is 2. The summed E-state index contributed by atoms with van der Waals surface area (Å²) in [6.45, 7) is 4.84. The van der Waals surface area contributed by atoms with Crippen molar-refractivity contribution in [2.45, 2.75) is 50.7 Å². The van der Waals surface area contributed by atoms with Gasteiger partial charge >= 0.3 is 0 Å². The molecule has 0 aliphatic rings. The van der Waals surface area contributed by atoms with Crippen LogP contribution >= 0.6 is 11.6 Å². The third-order valence-corrected chi connectivity index (χ3v) is 8.20. The Bertz CT molecular complexity index is 1340. The van der Waals surface area contributed by atoms with E-state index >= 15 is 0 Å². The Hall–Kier alpha value is -3.43. The zero-order valence-electron chi connectivity index (χ0n) is 21.5. The first kappa shape index (κ1) is 29.1. The monoisotopic (exact) mass is 559 g/mol. The van der Waals surface area contributed by atoms with Crippen LogP contribution in [0.4, 0.5) is 10.1 Å². The van der Waals surface area contributed by atoms with Crippen molar-refractivity contribution in [2.24, 2.45) is 0 Å². The highest BCUT2D eigenvalue weighted by Gasteiger charge is 2.32. The molecule has 10 heteroatoms. The van der Waals surface area contributed by atoms with E-state index in [1.807, 2.05) is 13.8 Å². The lowest BCUT2D eigenvalue weighted by Crippen LogP contribution is -2.52. The fourth-order valence-corrected chi connectivity index (χ4v) is 5.25. The van der Waals surface area contributed by atoms with Crippen molar-refractivity contribution in [1.82, 2.24) is 10.2 Å². The van der Waals surface area contributed by atoms with E-state index in [1.54, 1.807) is 49.4 Å². The van der Waals surface area contributed by atoms with Gasteiger partial charge in [0.1, 0.15) is 18.4 Å². The number of anilines is 1. The second-order valence-electron chi connectivity index (χ2n) is 8.94. The molecule has 7 nitrogen and oxygen atoms in total. The molecule has 0 saturated carbocycles. The molecule has 38 heavy (non-hydrogen) atoms. The van der Waals surface area contributed by atoms with Gasteiger partial charge in [0.05, 0.1) is 10.6 Å². The largest absolute Gasteiger partial charge is 0.352 e. The van der Waals surface area contributed by atoms with Crippen molar-refractivity contribution in [3.8, 4) is 0 Å². The normalized spacial score (nSPS) is 12.9. The minimum atomic E-state index is -4.20. The zero-order chi connectivity index (χ0) is 27.9. The van der Waals surface area contributed by atoms with Crippen molar-refractivity contribution in [1.29, 1.82) is 0 Å². The van der Waals surface area contributed by atoms with Crippen LogP contribution in [-0.4, -0.2) is 43.8 Å². The van der Waals surface area contributed by atoms with Crippen molar-refractivity contribution in [2.75, 3.05) is 10.8 Å². The van der Waals surface area contributed by atoms with Gasteiger partial charge in [0.2, 0.25) is 11.8 Å². The molecular formula is C28H31ClFN3O4S. The Morgan fingerprint density at radius 1 is 0.947 bits per heavy atom. The first-order chi connectivity index (χ1) is 18.0. The quantitative estimate of drug-likeness (QED) is 0.358. The average molecular weight is 560 g/mol. The summed E-state index contributed by atoms with van der Waals surface area (Å²) in [6, 6.07) is 18.3. The Balaban J connectivity index is 2.00. The lowest BCUT2D eigenvalue weighted by Gasteiger charge is -2.32. The second kappa shape index (κ2) is 12.9. The maximum atomic E-state index is 13.8. The van der Waals surface area contributed by atoms with E-state index in [1.165, 1.54) is 29.2 Å². The van der Waals surface area contributed by atoms with Gasteiger partial charge in [-0.15, -0.1) is 0 Å². The minimum Gasteiger partial charge on any atom is -0.352 e. The molecule has 0 unspecified atom stereocenters. The number of carbonyl (C=O) groups excluding carboxylic acids is 2. The van der Waals surface area contributed by atoms with Crippen LogP contribution in [0, 0.1) is 5.82 Å². The van der Waals surface area contributed by atoms with E-state index in [9.17, 15) is 22.4 Å². The number of nitrogens with one attached hydrogen (secondary N) is 1. The maximum absolute atomic E-state index is 13.8. The molecular weight excluding hydrogens is 529 g/mol. The van der Waals surface area contributed by atoms with Crippen LogP contribution in [0.25, 0.3) is 0 Å². The van der Waals surface area contributed by atoms with E-state index in [-0.39, 0.29) is 29.1 Å². The number of sulfonamides is 1. The Morgan fingerprint density at radius 2 is 1.55 bits per heavy atom. The highest BCUT2D eigenvalue weighted by Crippen LogP contribution is 2.25. The van der Waals surface area contributed by atoms with E-state index in [2.05, 4.69) is 5.32 Å².